The van der Waals surface area contributed by atoms with E-state index >= 15 is 0 Å². The maximum absolute atomic E-state index is 10.1. The van der Waals surface area contributed by atoms with E-state index in [2.05, 4.69) is 19.9 Å². The minimum atomic E-state index is -0.405. The Kier molecular flexibility index (Phi) is 12.8. The molecule has 3 nitrogen and oxygen atoms in total. The summed E-state index contributed by atoms with van der Waals surface area (Å²) in [5.41, 5.74) is -0.405. The molecule has 0 N–H and O–H groups in total. The first kappa shape index (κ1) is 28.0. The number of nitrogens with zero attached hydrogens (tertiary/aromatic N) is 1. The van der Waals surface area contributed by atoms with Crippen LogP contribution in [0.4, 0.5) is 0 Å². The Balaban J connectivity index is 1.32. The molecule has 34 heavy (non-hydrogen) atoms. The second-order valence-electron chi connectivity index (χ2n) is 12.2. The number of hydrogen-bond donors (Lipinski definition) is 0. The lowest BCUT2D eigenvalue weighted by atomic mass is 9.64. The maximum atomic E-state index is 10.1. The van der Waals surface area contributed by atoms with Crippen LogP contribution >= 0.6 is 0 Å². The van der Waals surface area contributed by atoms with Gasteiger partial charge in [-0.25, -0.2) is 0 Å². The first-order valence-electron chi connectivity index (χ1n) is 15.3. The van der Waals surface area contributed by atoms with Gasteiger partial charge in [-0.05, 0) is 62.7 Å². The average Bonchev–Trinajstić information content (AvgIpc) is 2.89. The van der Waals surface area contributed by atoms with Crippen molar-refractivity contribution in [1.82, 2.24) is 0 Å². The summed E-state index contributed by atoms with van der Waals surface area (Å²) >= 11 is 0. The van der Waals surface area contributed by atoms with Crippen LogP contribution in [0.1, 0.15) is 142 Å². The fourth-order valence-electron chi connectivity index (χ4n) is 7.08. The summed E-state index contributed by atoms with van der Waals surface area (Å²) in [6.45, 7) is 6.16. The third kappa shape index (κ3) is 8.51. The summed E-state index contributed by atoms with van der Waals surface area (Å²) in [4.78, 5) is 0. The van der Waals surface area contributed by atoms with E-state index in [4.69, 9.17) is 9.47 Å². The van der Waals surface area contributed by atoms with Gasteiger partial charge < -0.3 is 9.47 Å². The maximum Gasteiger partial charge on any atom is 0.176 e. The van der Waals surface area contributed by atoms with Crippen molar-refractivity contribution in [2.45, 2.75) is 149 Å². The zero-order valence-corrected chi connectivity index (χ0v) is 22.7. The van der Waals surface area contributed by atoms with Crippen molar-refractivity contribution in [3.05, 3.63) is 0 Å². The highest BCUT2D eigenvalue weighted by Crippen LogP contribution is 2.48. The van der Waals surface area contributed by atoms with Gasteiger partial charge in [0, 0.05) is 5.92 Å². The van der Waals surface area contributed by atoms with Gasteiger partial charge in [0.25, 0.3) is 0 Å². The number of hydrogen-bond acceptors (Lipinski definition) is 3. The van der Waals surface area contributed by atoms with Gasteiger partial charge in [0.1, 0.15) is 5.41 Å². The van der Waals surface area contributed by atoms with Crippen molar-refractivity contribution < 1.29 is 9.47 Å². The topological polar surface area (TPSA) is 42.2 Å². The van der Waals surface area contributed by atoms with Crippen molar-refractivity contribution in [3.8, 4) is 6.07 Å². The summed E-state index contributed by atoms with van der Waals surface area (Å²) < 4.78 is 12.5. The van der Waals surface area contributed by atoms with Crippen LogP contribution in [0.25, 0.3) is 0 Å². The second-order valence-corrected chi connectivity index (χ2v) is 12.2. The number of nitriles is 1. The van der Waals surface area contributed by atoms with Crippen LogP contribution in [0.5, 0.6) is 0 Å². The van der Waals surface area contributed by atoms with Crippen molar-refractivity contribution in [3.63, 3.8) is 0 Å². The van der Waals surface area contributed by atoms with Crippen LogP contribution in [0.15, 0.2) is 0 Å². The predicted molar refractivity (Wildman–Crippen MR) is 141 cm³/mol. The number of unbranched alkanes of at least 4 members (excludes halogenated alkanes) is 8. The van der Waals surface area contributed by atoms with Crippen LogP contribution in [-0.4, -0.2) is 19.5 Å². The van der Waals surface area contributed by atoms with Crippen LogP contribution in [-0.2, 0) is 9.47 Å². The predicted octanol–water partition coefficient (Wildman–Crippen LogP) is 9.20. The van der Waals surface area contributed by atoms with Crippen molar-refractivity contribution in [1.29, 1.82) is 5.26 Å². The highest BCUT2D eigenvalue weighted by Gasteiger charge is 2.47. The molecule has 3 rings (SSSR count). The van der Waals surface area contributed by atoms with Gasteiger partial charge >= 0.3 is 0 Å². The first-order valence-corrected chi connectivity index (χ1v) is 15.3. The van der Waals surface area contributed by atoms with E-state index < -0.39 is 5.41 Å². The van der Waals surface area contributed by atoms with Gasteiger partial charge in [-0.3, -0.25) is 0 Å². The zero-order chi connectivity index (χ0) is 24.1. The van der Waals surface area contributed by atoms with Gasteiger partial charge in [0.05, 0.1) is 19.3 Å². The van der Waals surface area contributed by atoms with Crippen LogP contribution in [0, 0.1) is 40.4 Å². The number of ether oxygens (including phenoxy) is 2. The minimum Gasteiger partial charge on any atom is -0.351 e. The lowest BCUT2D eigenvalue weighted by Gasteiger charge is -2.45. The molecule has 0 spiro atoms. The molecule has 3 fully saturated rings. The third-order valence-corrected chi connectivity index (χ3v) is 9.55. The van der Waals surface area contributed by atoms with Gasteiger partial charge in [-0.1, -0.05) is 97.3 Å². The van der Waals surface area contributed by atoms with Crippen LogP contribution < -0.4 is 0 Å². The summed E-state index contributed by atoms with van der Waals surface area (Å²) in [6, 6.07) is 2.69. The van der Waals surface area contributed by atoms with E-state index in [0.717, 1.165) is 43.8 Å². The summed E-state index contributed by atoms with van der Waals surface area (Å²) in [5.74, 6) is 3.24. The van der Waals surface area contributed by atoms with Gasteiger partial charge in [0.15, 0.2) is 6.29 Å². The fourth-order valence-corrected chi connectivity index (χ4v) is 7.08. The molecule has 0 amide bonds. The standard InChI is InChI=1S/C31H55NO2/c1-3-5-7-8-9-10-12-14-27-23-33-30(34-24-27)31(25-32)21-19-29(20-22-31)28-17-15-26(16-18-28)13-11-6-4-2/h26-30H,3-24H2,1-2H3. The molecule has 2 saturated carbocycles. The van der Waals surface area contributed by atoms with Gasteiger partial charge in [-0.15, -0.1) is 0 Å². The first-order chi connectivity index (χ1) is 16.7. The van der Waals surface area contributed by atoms with Gasteiger partial charge in [0.2, 0.25) is 0 Å². The molecule has 0 bridgehead atoms. The molecule has 0 aromatic heterocycles. The Hall–Kier alpha value is -0.590. The summed E-state index contributed by atoms with van der Waals surface area (Å²) in [6.07, 6.45) is 26.1. The van der Waals surface area contributed by atoms with Crippen LogP contribution in [0.3, 0.4) is 0 Å². The monoisotopic (exact) mass is 473 g/mol. The van der Waals surface area contributed by atoms with Crippen molar-refractivity contribution in [2.24, 2.45) is 29.1 Å². The molecule has 1 saturated heterocycles. The molecule has 0 aromatic carbocycles. The van der Waals surface area contributed by atoms with E-state index in [0.29, 0.717) is 5.92 Å². The Morgan fingerprint density at radius 1 is 0.647 bits per heavy atom. The number of rotatable bonds is 14. The van der Waals surface area contributed by atoms with E-state index in [1.807, 2.05) is 0 Å². The molecule has 0 unspecified atom stereocenters. The molecular weight excluding hydrogens is 418 g/mol. The third-order valence-electron chi connectivity index (χ3n) is 9.55. The molecule has 196 valence electrons. The summed E-state index contributed by atoms with van der Waals surface area (Å²) in [5, 5.41) is 10.1. The molecule has 0 atom stereocenters. The molecule has 0 aromatic rings. The Bertz CT molecular complexity index is 560. The largest absolute Gasteiger partial charge is 0.351 e. The molecule has 1 heterocycles. The molecule has 3 heteroatoms. The van der Waals surface area contributed by atoms with Crippen LogP contribution in [0.2, 0.25) is 0 Å². The summed E-state index contributed by atoms with van der Waals surface area (Å²) in [7, 11) is 0. The molecule has 1 aliphatic heterocycles. The Morgan fingerprint density at radius 2 is 1.15 bits per heavy atom. The Morgan fingerprint density at radius 3 is 1.76 bits per heavy atom. The quantitative estimate of drug-likeness (QED) is 0.236. The van der Waals surface area contributed by atoms with Gasteiger partial charge in [-0.2, -0.15) is 5.26 Å². The smallest absolute Gasteiger partial charge is 0.176 e. The second kappa shape index (κ2) is 15.5. The lowest BCUT2D eigenvalue weighted by Crippen LogP contribution is -2.46. The van der Waals surface area contributed by atoms with E-state index in [1.165, 1.54) is 116 Å². The molecule has 2 aliphatic carbocycles. The zero-order valence-electron chi connectivity index (χ0n) is 22.7. The highest BCUT2D eigenvalue weighted by molar-refractivity contribution is 5.05. The average molecular weight is 474 g/mol. The van der Waals surface area contributed by atoms with Crippen molar-refractivity contribution >= 4 is 0 Å². The molecule has 3 aliphatic rings. The molecule has 0 radical (unpaired) electrons. The Labute approximate surface area is 211 Å². The fraction of sp³-hybridized carbons (Fsp3) is 0.968. The minimum absolute atomic E-state index is 0.293. The van der Waals surface area contributed by atoms with E-state index in [-0.39, 0.29) is 6.29 Å². The van der Waals surface area contributed by atoms with Crippen molar-refractivity contribution in [2.75, 3.05) is 13.2 Å². The molecular formula is C31H55NO2. The van der Waals surface area contributed by atoms with E-state index in [1.54, 1.807) is 0 Å². The normalized spacial score (nSPS) is 34.6. The lowest BCUT2D eigenvalue weighted by molar-refractivity contribution is -0.248. The SMILES string of the molecule is CCCCCCCCCC1COC(C2(C#N)CCC(C3CCC(CCCCC)CC3)CC2)OC1. The van der Waals surface area contributed by atoms with E-state index in [9.17, 15) is 5.26 Å². The highest BCUT2D eigenvalue weighted by atomic mass is 16.7.